The average Bonchev–Trinajstić information content (AvgIpc) is 3.01. The zero-order valence-electron chi connectivity index (χ0n) is 10.1. The number of nitrogens with zero attached hydrogens (tertiary/aromatic N) is 1. The number of hydrogen-bond acceptors (Lipinski definition) is 3. The van der Waals surface area contributed by atoms with Gasteiger partial charge >= 0.3 is 0 Å². The molecule has 0 saturated heterocycles. The van der Waals surface area contributed by atoms with E-state index in [2.05, 4.69) is 24.1 Å². The van der Waals surface area contributed by atoms with Gasteiger partial charge in [-0.15, -0.1) is 22.9 Å². The molecule has 1 saturated carbocycles. The second-order valence-corrected chi connectivity index (χ2v) is 6.30. The predicted molar refractivity (Wildman–Crippen MR) is 70.3 cm³/mol. The van der Waals surface area contributed by atoms with E-state index in [-0.39, 0.29) is 11.4 Å². The van der Waals surface area contributed by atoms with E-state index in [1.54, 1.807) is 0 Å². The summed E-state index contributed by atoms with van der Waals surface area (Å²) in [6.45, 7) is 4.18. The van der Waals surface area contributed by atoms with Crippen LogP contribution in [0.15, 0.2) is 5.38 Å². The van der Waals surface area contributed by atoms with Crippen LogP contribution < -0.4 is 5.32 Å². The number of rotatable bonds is 5. The Morgan fingerprint density at radius 2 is 2.35 bits per heavy atom. The van der Waals surface area contributed by atoms with Gasteiger partial charge in [0, 0.05) is 10.9 Å². The monoisotopic (exact) mass is 272 g/mol. The molecular weight excluding hydrogens is 256 g/mol. The summed E-state index contributed by atoms with van der Waals surface area (Å²) < 4.78 is 0. The molecule has 1 aliphatic carbocycles. The van der Waals surface area contributed by atoms with Gasteiger partial charge in [-0.2, -0.15) is 0 Å². The van der Waals surface area contributed by atoms with Gasteiger partial charge in [0.1, 0.15) is 5.01 Å². The van der Waals surface area contributed by atoms with Crippen LogP contribution in [0.3, 0.4) is 0 Å². The lowest BCUT2D eigenvalue weighted by Crippen LogP contribution is -2.45. The van der Waals surface area contributed by atoms with Crippen molar-refractivity contribution in [1.29, 1.82) is 0 Å². The molecule has 0 atom stereocenters. The second-order valence-electron chi connectivity index (χ2n) is 5.09. The van der Waals surface area contributed by atoms with Crippen molar-refractivity contribution in [2.24, 2.45) is 5.92 Å². The van der Waals surface area contributed by atoms with E-state index >= 15 is 0 Å². The van der Waals surface area contributed by atoms with E-state index in [4.69, 9.17) is 11.6 Å². The molecule has 17 heavy (non-hydrogen) atoms. The molecule has 5 heteroatoms. The minimum absolute atomic E-state index is 0.0531. The summed E-state index contributed by atoms with van der Waals surface area (Å²) in [6.07, 6.45) is 2.81. The smallest absolute Gasteiger partial charge is 0.227 e. The highest BCUT2D eigenvalue weighted by Gasteiger charge is 2.38. The number of halogens is 1. The highest BCUT2D eigenvalue weighted by atomic mass is 35.5. The number of alkyl halides is 1. The fraction of sp³-hybridized carbons (Fsp3) is 0.667. The summed E-state index contributed by atoms with van der Waals surface area (Å²) in [5, 5.41) is 5.83. The Hall–Kier alpha value is -0.610. The van der Waals surface area contributed by atoms with Gasteiger partial charge in [-0.05, 0) is 32.6 Å². The molecule has 1 heterocycles. The van der Waals surface area contributed by atoms with Crippen LogP contribution in [0.4, 0.5) is 0 Å². The summed E-state index contributed by atoms with van der Waals surface area (Å²) in [7, 11) is 0. The SMILES string of the molecule is CC(C)(NC(=O)Cc1nc(CCl)cs1)C1CC1. The molecule has 0 spiro atoms. The molecule has 2 rings (SSSR count). The molecule has 0 aliphatic heterocycles. The van der Waals surface area contributed by atoms with Crippen molar-refractivity contribution in [3.8, 4) is 0 Å². The molecule has 1 aromatic rings. The van der Waals surface area contributed by atoms with Gasteiger partial charge in [0.05, 0.1) is 18.0 Å². The fourth-order valence-electron chi connectivity index (χ4n) is 1.94. The van der Waals surface area contributed by atoms with Crippen LogP contribution in [-0.2, 0) is 17.1 Å². The van der Waals surface area contributed by atoms with E-state index in [1.807, 2.05) is 5.38 Å². The van der Waals surface area contributed by atoms with Crippen molar-refractivity contribution < 1.29 is 4.79 Å². The Bertz CT molecular complexity index is 412. The first-order valence-corrected chi connectivity index (χ1v) is 7.23. The third-order valence-electron chi connectivity index (χ3n) is 3.11. The van der Waals surface area contributed by atoms with E-state index in [1.165, 1.54) is 24.2 Å². The third-order valence-corrected chi connectivity index (χ3v) is 4.28. The topological polar surface area (TPSA) is 42.0 Å². The normalized spacial score (nSPS) is 15.9. The molecular formula is C12H17ClN2OS. The number of hydrogen-bond donors (Lipinski definition) is 1. The van der Waals surface area contributed by atoms with Crippen molar-refractivity contribution in [3.05, 3.63) is 16.1 Å². The molecule has 0 aromatic carbocycles. The Labute approximate surface area is 111 Å². The average molecular weight is 273 g/mol. The largest absolute Gasteiger partial charge is 0.351 e. The number of carbonyl (C=O) groups excluding carboxylic acids is 1. The fourth-order valence-corrected chi connectivity index (χ4v) is 2.96. The molecule has 1 aliphatic rings. The van der Waals surface area contributed by atoms with Crippen LogP contribution in [0, 0.1) is 5.92 Å². The highest BCUT2D eigenvalue weighted by Crippen LogP contribution is 2.39. The van der Waals surface area contributed by atoms with Gasteiger partial charge in [-0.1, -0.05) is 0 Å². The van der Waals surface area contributed by atoms with Crippen molar-refractivity contribution in [2.75, 3.05) is 0 Å². The van der Waals surface area contributed by atoms with Crippen LogP contribution in [0.1, 0.15) is 37.4 Å². The lowest BCUT2D eigenvalue weighted by atomic mass is 9.98. The van der Waals surface area contributed by atoms with Gasteiger partial charge in [0.15, 0.2) is 0 Å². The van der Waals surface area contributed by atoms with Crippen molar-refractivity contribution in [3.63, 3.8) is 0 Å². The Balaban J connectivity index is 1.88. The zero-order chi connectivity index (χ0) is 12.5. The van der Waals surface area contributed by atoms with Gasteiger partial charge in [0.2, 0.25) is 5.91 Å². The van der Waals surface area contributed by atoms with Gasteiger partial charge in [0.25, 0.3) is 0 Å². The Morgan fingerprint density at radius 3 is 2.88 bits per heavy atom. The van der Waals surface area contributed by atoms with Gasteiger partial charge in [-0.25, -0.2) is 4.98 Å². The van der Waals surface area contributed by atoms with Crippen LogP contribution >= 0.6 is 22.9 Å². The van der Waals surface area contributed by atoms with Crippen molar-refractivity contribution >= 4 is 28.8 Å². The maximum Gasteiger partial charge on any atom is 0.227 e. The van der Waals surface area contributed by atoms with Crippen molar-refractivity contribution in [2.45, 2.75) is 44.5 Å². The number of amides is 1. The van der Waals surface area contributed by atoms with Crippen LogP contribution in [-0.4, -0.2) is 16.4 Å². The van der Waals surface area contributed by atoms with E-state index in [9.17, 15) is 4.79 Å². The van der Waals surface area contributed by atoms with E-state index in [0.717, 1.165) is 10.7 Å². The lowest BCUT2D eigenvalue weighted by molar-refractivity contribution is -0.122. The molecule has 0 unspecified atom stereocenters. The summed E-state index contributed by atoms with van der Waals surface area (Å²) in [6, 6.07) is 0. The molecule has 0 bridgehead atoms. The quantitative estimate of drug-likeness (QED) is 0.838. The molecule has 1 aromatic heterocycles. The van der Waals surface area contributed by atoms with E-state index in [0.29, 0.717) is 18.2 Å². The first kappa shape index (κ1) is 12.8. The minimum atomic E-state index is -0.0797. The number of thiazole rings is 1. The highest BCUT2D eigenvalue weighted by molar-refractivity contribution is 7.09. The Kier molecular flexibility index (Phi) is 3.73. The van der Waals surface area contributed by atoms with Crippen LogP contribution in [0.5, 0.6) is 0 Å². The van der Waals surface area contributed by atoms with Gasteiger partial charge in [-0.3, -0.25) is 4.79 Å². The second kappa shape index (κ2) is 4.94. The predicted octanol–water partition coefficient (Wildman–Crippen LogP) is 2.73. The van der Waals surface area contributed by atoms with E-state index < -0.39 is 0 Å². The van der Waals surface area contributed by atoms with Gasteiger partial charge < -0.3 is 5.32 Å². The summed E-state index contributed by atoms with van der Waals surface area (Å²) in [5.41, 5.74) is 0.768. The maximum atomic E-state index is 11.9. The Morgan fingerprint density at radius 1 is 1.65 bits per heavy atom. The summed E-state index contributed by atoms with van der Waals surface area (Å²) >= 11 is 7.17. The van der Waals surface area contributed by atoms with Crippen LogP contribution in [0.2, 0.25) is 0 Å². The van der Waals surface area contributed by atoms with Crippen molar-refractivity contribution in [1.82, 2.24) is 10.3 Å². The molecule has 0 radical (unpaired) electrons. The molecule has 1 fully saturated rings. The number of aromatic nitrogens is 1. The molecule has 1 N–H and O–H groups in total. The maximum absolute atomic E-state index is 11.9. The number of nitrogens with one attached hydrogen (secondary N) is 1. The minimum Gasteiger partial charge on any atom is -0.351 e. The first-order chi connectivity index (χ1) is 8.01. The molecule has 3 nitrogen and oxygen atoms in total. The lowest BCUT2D eigenvalue weighted by Gasteiger charge is -2.25. The van der Waals surface area contributed by atoms with Crippen LogP contribution in [0.25, 0.3) is 0 Å². The first-order valence-electron chi connectivity index (χ1n) is 5.81. The standard InChI is InChI=1S/C12H17ClN2OS/c1-12(2,8-3-4-8)15-10(16)5-11-14-9(6-13)7-17-11/h7-8H,3-6H2,1-2H3,(H,15,16). The molecule has 94 valence electrons. The zero-order valence-corrected chi connectivity index (χ0v) is 11.7. The summed E-state index contributed by atoms with van der Waals surface area (Å²) in [5.74, 6) is 1.10. The summed E-state index contributed by atoms with van der Waals surface area (Å²) in [4.78, 5) is 16.2. The number of carbonyl (C=O) groups is 1. The molecule has 1 amide bonds. The third kappa shape index (κ3) is 3.42.